The molecule has 0 bridgehead atoms. The molecule has 0 saturated heterocycles. The fourth-order valence-electron chi connectivity index (χ4n) is 1.16. The maximum Gasteiger partial charge on any atom is 0.178 e. The van der Waals surface area contributed by atoms with Crippen LogP contribution in [-0.4, -0.2) is 44.7 Å². The van der Waals surface area contributed by atoms with E-state index in [1.54, 1.807) is 26.5 Å². The number of Topliss-reactive ketones (excluding diaryl/α,β-unsaturated/α-hetero) is 1. The smallest absolute Gasteiger partial charge is 0.178 e. The summed E-state index contributed by atoms with van der Waals surface area (Å²) in [5, 5.41) is 2.98. The van der Waals surface area contributed by atoms with Crippen LogP contribution >= 0.6 is 0 Å². The standard InChI is InChI=1S/C11H16N2O3/c1-15-4-3-12-8-11(14)9-5-10(16-2)7-13-6-9/h5-7,12H,3-4,8H2,1-2H3. The number of ketones is 1. The maximum atomic E-state index is 11.7. The predicted octanol–water partition coefficient (Wildman–Crippen LogP) is 0.509. The van der Waals surface area contributed by atoms with E-state index in [9.17, 15) is 4.79 Å². The number of carbonyl (C=O) groups is 1. The summed E-state index contributed by atoms with van der Waals surface area (Å²) in [4.78, 5) is 15.6. The third kappa shape index (κ3) is 3.96. The zero-order valence-electron chi connectivity index (χ0n) is 9.53. The molecule has 0 aliphatic carbocycles. The molecule has 0 unspecified atom stereocenters. The third-order valence-electron chi connectivity index (χ3n) is 2.04. The molecule has 5 nitrogen and oxygen atoms in total. The first-order chi connectivity index (χ1) is 7.77. The highest BCUT2D eigenvalue weighted by Gasteiger charge is 2.06. The molecule has 1 N–H and O–H groups in total. The van der Waals surface area contributed by atoms with Gasteiger partial charge in [-0.25, -0.2) is 0 Å². The SMILES string of the molecule is COCCNCC(=O)c1cncc(OC)c1. The second-order valence-electron chi connectivity index (χ2n) is 3.21. The number of hydrogen-bond donors (Lipinski definition) is 1. The lowest BCUT2D eigenvalue weighted by Crippen LogP contribution is -2.26. The first kappa shape index (κ1) is 12.6. The van der Waals surface area contributed by atoms with Crippen LogP contribution in [0.25, 0.3) is 0 Å². The minimum Gasteiger partial charge on any atom is -0.495 e. The minimum atomic E-state index is -0.0116. The van der Waals surface area contributed by atoms with Crippen molar-refractivity contribution in [3.8, 4) is 5.75 Å². The van der Waals surface area contributed by atoms with E-state index < -0.39 is 0 Å². The number of ether oxygens (including phenoxy) is 2. The van der Waals surface area contributed by atoms with E-state index in [-0.39, 0.29) is 12.3 Å². The van der Waals surface area contributed by atoms with E-state index in [4.69, 9.17) is 9.47 Å². The molecule has 0 amide bonds. The highest BCUT2D eigenvalue weighted by Crippen LogP contribution is 2.10. The predicted molar refractivity (Wildman–Crippen MR) is 59.9 cm³/mol. The Morgan fingerprint density at radius 1 is 1.44 bits per heavy atom. The maximum absolute atomic E-state index is 11.7. The van der Waals surface area contributed by atoms with Crippen molar-refractivity contribution < 1.29 is 14.3 Å². The molecule has 0 spiro atoms. The molecule has 0 aliphatic rings. The molecule has 0 saturated carbocycles. The quantitative estimate of drug-likeness (QED) is 0.540. The van der Waals surface area contributed by atoms with Crippen LogP contribution in [0.2, 0.25) is 0 Å². The normalized spacial score (nSPS) is 10.1. The minimum absolute atomic E-state index is 0.0116. The van der Waals surface area contributed by atoms with Crippen LogP contribution in [0.4, 0.5) is 0 Å². The number of hydrogen-bond acceptors (Lipinski definition) is 5. The summed E-state index contributed by atoms with van der Waals surface area (Å²) in [7, 11) is 3.16. The summed E-state index contributed by atoms with van der Waals surface area (Å²) in [6.07, 6.45) is 3.10. The summed E-state index contributed by atoms with van der Waals surface area (Å²) in [6.45, 7) is 1.52. The average molecular weight is 224 g/mol. The molecule has 1 rings (SSSR count). The summed E-state index contributed by atoms with van der Waals surface area (Å²) in [6, 6.07) is 1.67. The van der Waals surface area contributed by atoms with Crippen molar-refractivity contribution in [3.05, 3.63) is 24.0 Å². The second kappa shape index (κ2) is 6.92. The lowest BCUT2D eigenvalue weighted by molar-refractivity contribution is 0.0987. The molecule has 0 atom stereocenters. The average Bonchev–Trinajstić information content (AvgIpc) is 2.34. The Hall–Kier alpha value is -1.46. The first-order valence-electron chi connectivity index (χ1n) is 5.00. The number of carbonyl (C=O) groups excluding carboxylic acids is 1. The lowest BCUT2D eigenvalue weighted by Gasteiger charge is -2.04. The van der Waals surface area contributed by atoms with E-state index in [0.29, 0.717) is 24.5 Å². The van der Waals surface area contributed by atoms with Crippen molar-refractivity contribution in [2.24, 2.45) is 0 Å². The Morgan fingerprint density at radius 3 is 2.94 bits per heavy atom. The van der Waals surface area contributed by atoms with E-state index in [1.807, 2.05) is 0 Å². The van der Waals surface area contributed by atoms with Gasteiger partial charge in [-0.15, -0.1) is 0 Å². The number of methoxy groups -OCH3 is 2. The number of nitrogens with zero attached hydrogens (tertiary/aromatic N) is 1. The fourth-order valence-corrected chi connectivity index (χ4v) is 1.16. The highest BCUT2D eigenvalue weighted by atomic mass is 16.5. The van der Waals surface area contributed by atoms with Crippen LogP contribution < -0.4 is 10.1 Å². The van der Waals surface area contributed by atoms with E-state index in [2.05, 4.69) is 10.3 Å². The van der Waals surface area contributed by atoms with Gasteiger partial charge in [0.2, 0.25) is 0 Å². The molecule has 16 heavy (non-hydrogen) atoms. The number of rotatable bonds is 7. The Morgan fingerprint density at radius 2 is 2.25 bits per heavy atom. The molecule has 88 valence electrons. The van der Waals surface area contributed by atoms with Crippen molar-refractivity contribution in [1.82, 2.24) is 10.3 Å². The van der Waals surface area contributed by atoms with Gasteiger partial charge in [0.25, 0.3) is 0 Å². The Balaban J connectivity index is 2.46. The van der Waals surface area contributed by atoms with Crippen LogP contribution in [0.5, 0.6) is 5.75 Å². The van der Waals surface area contributed by atoms with Crippen molar-refractivity contribution in [2.75, 3.05) is 33.9 Å². The van der Waals surface area contributed by atoms with E-state index in [0.717, 1.165) is 0 Å². The number of aromatic nitrogens is 1. The van der Waals surface area contributed by atoms with E-state index >= 15 is 0 Å². The zero-order chi connectivity index (χ0) is 11.8. The molecule has 5 heteroatoms. The summed E-state index contributed by atoms with van der Waals surface area (Å²) < 4.78 is 9.85. The molecule has 1 aromatic heterocycles. The Labute approximate surface area is 94.8 Å². The molecule has 0 fully saturated rings. The molecular formula is C11H16N2O3. The molecular weight excluding hydrogens is 208 g/mol. The van der Waals surface area contributed by atoms with Crippen molar-refractivity contribution in [1.29, 1.82) is 0 Å². The van der Waals surface area contributed by atoms with Crippen molar-refractivity contribution >= 4 is 5.78 Å². The van der Waals surface area contributed by atoms with Crippen LogP contribution in [-0.2, 0) is 4.74 Å². The molecule has 0 aliphatic heterocycles. The largest absolute Gasteiger partial charge is 0.495 e. The fraction of sp³-hybridized carbons (Fsp3) is 0.455. The molecule has 1 heterocycles. The van der Waals surface area contributed by atoms with Crippen molar-refractivity contribution in [3.63, 3.8) is 0 Å². The number of pyridine rings is 1. The van der Waals surface area contributed by atoms with Crippen LogP contribution in [0, 0.1) is 0 Å². The van der Waals surface area contributed by atoms with Gasteiger partial charge in [0.15, 0.2) is 5.78 Å². The number of nitrogens with one attached hydrogen (secondary N) is 1. The second-order valence-corrected chi connectivity index (χ2v) is 3.21. The van der Waals surface area contributed by atoms with Crippen LogP contribution in [0.1, 0.15) is 10.4 Å². The molecule has 0 aromatic carbocycles. The zero-order valence-corrected chi connectivity index (χ0v) is 9.53. The van der Waals surface area contributed by atoms with Crippen LogP contribution in [0.3, 0.4) is 0 Å². The topological polar surface area (TPSA) is 60.5 Å². The van der Waals surface area contributed by atoms with Crippen molar-refractivity contribution in [2.45, 2.75) is 0 Å². The Kier molecular flexibility index (Phi) is 5.45. The van der Waals surface area contributed by atoms with Gasteiger partial charge in [-0.3, -0.25) is 9.78 Å². The summed E-state index contributed by atoms with van der Waals surface area (Å²) >= 11 is 0. The lowest BCUT2D eigenvalue weighted by atomic mass is 10.2. The summed E-state index contributed by atoms with van der Waals surface area (Å²) in [5.74, 6) is 0.574. The van der Waals surface area contributed by atoms with Gasteiger partial charge in [0.1, 0.15) is 5.75 Å². The molecule has 1 aromatic rings. The van der Waals surface area contributed by atoms with Crippen LogP contribution in [0.15, 0.2) is 18.5 Å². The molecule has 0 radical (unpaired) electrons. The first-order valence-corrected chi connectivity index (χ1v) is 5.00. The van der Waals surface area contributed by atoms with Gasteiger partial charge in [0, 0.05) is 25.4 Å². The van der Waals surface area contributed by atoms with Gasteiger partial charge in [-0.05, 0) is 6.07 Å². The highest BCUT2D eigenvalue weighted by molar-refractivity contribution is 5.97. The Bertz CT molecular complexity index is 342. The van der Waals surface area contributed by atoms with Gasteiger partial charge < -0.3 is 14.8 Å². The van der Waals surface area contributed by atoms with Gasteiger partial charge in [-0.2, -0.15) is 0 Å². The third-order valence-corrected chi connectivity index (χ3v) is 2.04. The monoisotopic (exact) mass is 224 g/mol. The summed E-state index contributed by atoms with van der Waals surface area (Å²) in [5.41, 5.74) is 0.546. The van der Waals surface area contributed by atoms with E-state index in [1.165, 1.54) is 6.20 Å². The van der Waals surface area contributed by atoms with Gasteiger partial charge in [0.05, 0.1) is 26.5 Å². The van der Waals surface area contributed by atoms with Gasteiger partial charge >= 0.3 is 0 Å². The van der Waals surface area contributed by atoms with Gasteiger partial charge in [-0.1, -0.05) is 0 Å².